The molecule has 0 saturated heterocycles. The summed E-state index contributed by atoms with van der Waals surface area (Å²) >= 11 is 1.19. The van der Waals surface area contributed by atoms with E-state index in [4.69, 9.17) is 4.74 Å². The van der Waals surface area contributed by atoms with Gasteiger partial charge in [-0.25, -0.2) is 4.39 Å². The number of thioether (sulfide) groups is 1. The van der Waals surface area contributed by atoms with Crippen molar-refractivity contribution in [1.29, 1.82) is 0 Å². The highest BCUT2D eigenvalue weighted by Crippen LogP contribution is 2.29. The zero-order valence-electron chi connectivity index (χ0n) is 17.7. The highest BCUT2D eigenvalue weighted by molar-refractivity contribution is 7.99. The van der Waals surface area contributed by atoms with Crippen LogP contribution in [0.25, 0.3) is 5.69 Å². The van der Waals surface area contributed by atoms with Crippen molar-refractivity contribution in [2.75, 3.05) is 11.1 Å². The molecule has 9 heteroatoms. The van der Waals surface area contributed by atoms with Crippen LogP contribution < -0.4 is 10.1 Å². The number of carbonyl (C=O) groups excluding carboxylic acids is 1. The largest absolute Gasteiger partial charge is 0.506 e. The van der Waals surface area contributed by atoms with Gasteiger partial charge in [-0.15, -0.1) is 10.2 Å². The minimum Gasteiger partial charge on any atom is -0.506 e. The fourth-order valence-corrected chi connectivity index (χ4v) is 3.90. The van der Waals surface area contributed by atoms with Gasteiger partial charge in [0.25, 0.3) is 0 Å². The summed E-state index contributed by atoms with van der Waals surface area (Å²) < 4.78 is 21.7. The van der Waals surface area contributed by atoms with Crippen molar-refractivity contribution in [3.8, 4) is 17.2 Å². The average Bonchev–Trinajstić information content (AvgIpc) is 3.25. The maximum atomic E-state index is 14.1. The predicted molar refractivity (Wildman–Crippen MR) is 124 cm³/mol. The molecule has 1 atom stereocenters. The molecule has 168 valence electrons. The standard InChI is InChI=1S/C24H21FN4O3S/c1-16(32-21-14-8-5-11-18(21)25)23-27-28-24(29(23)17-9-3-2-4-10-17)33-15-22(31)26-19-12-6-7-13-20(19)30/h2-14,16,30H,15H2,1H3,(H,26,31). The Morgan fingerprint density at radius 3 is 2.52 bits per heavy atom. The normalized spacial score (nSPS) is 11.7. The van der Waals surface area contributed by atoms with Crippen LogP contribution in [0.5, 0.6) is 11.5 Å². The predicted octanol–water partition coefficient (Wildman–Crippen LogP) is 4.98. The zero-order chi connectivity index (χ0) is 23.2. The number of ether oxygens (including phenoxy) is 1. The van der Waals surface area contributed by atoms with Gasteiger partial charge in [0.05, 0.1) is 11.4 Å². The topological polar surface area (TPSA) is 89.3 Å². The second-order valence-corrected chi connectivity index (χ2v) is 8.00. The van der Waals surface area contributed by atoms with Crippen LogP contribution in [-0.4, -0.2) is 31.5 Å². The number of anilines is 1. The third-order valence-electron chi connectivity index (χ3n) is 4.69. The molecule has 3 aromatic carbocycles. The first-order valence-corrected chi connectivity index (χ1v) is 11.1. The number of hydrogen-bond donors (Lipinski definition) is 2. The van der Waals surface area contributed by atoms with Crippen LogP contribution in [0.2, 0.25) is 0 Å². The van der Waals surface area contributed by atoms with Gasteiger partial charge in [-0.2, -0.15) is 0 Å². The van der Waals surface area contributed by atoms with E-state index in [2.05, 4.69) is 15.5 Å². The summed E-state index contributed by atoms with van der Waals surface area (Å²) in [6.45, 7) is 1.76. The molecule has 1 aromatic heterocycles. The molecule has 0 fully saturated rings. The van der Waals surface area contributed by atoms with Crippen molar-refractivity contribution in [3.63, 3.8) is 0 Å². The number of benzene rings is 3. The van der Waals surface area contributed by atoms with Gasteiger partial charge in [0.1, 0.15) is 5.75 Å². The molecule has 0 aliphatic rings. The summed E-state index contributed by atoms with van der Waals surface area (Å²) in [6, 6.07) is 22.1. The maximum absolute atomic E-state index is 14.1. The number of rotatable bonds is 8. The number of phenols is 1. The lowest BCUT2D eigenvalue weighted by Crippen LogP contribution is -2.15. The van der Waals surface area contributed by atoms with E-state index in [1.54, 1.807) is 47.9 Å². The minimum atomic E-state index is -0.612. The van der Waals surface area contributed by atoms with E-state index in [-0.39, 0.29) is 23.2 Å². The Morgan fingerprint density at radius 2 is 1.76 bits per heavy atom. The molecule has 0 aliphatic carbocycles. The van der Waals surface area contributed by atoms with Crippen molar-refractivity contribution >= 4 is 23.4 Å². The lowest BCUT2D eigenvalue weighted by atomic mass is 10.3. The summed E-state index contributed by atoms with van der Waals surface area (Å²) in [6.07, 6.45) is -0.612. The maximum Gasteiger partial charge on any atom is 0.234 e. The molecule has 0 saturated carbocycles. The van der Waals surface area contributed by atoms with Gasteiger partial charge >= 0.3 is 0 Å². The third kappa shape index (κ3) is 5.32. The number of phenolic OH excluding ortho intramolecular Hbond substituents is 1. The fourth-order valence-electron chi connectivity index (χ4n) is 3.14. The first kappa shape index (κ1) is 22.3. The smallest absolute Gasteiger partial charge is 0.234 e. The molecular formula is C24H21FN4O3S. The number of aromatic nitrogens is 3. The molecule has 4 aromatic rings. The molecule has 4 rings (SSSR count). The molecule has 1 unspecified atom stereocenters. The van der Waals surface area contributed by atoms with Gasteiger partial charge in [0.2, 0.25) is 5.91 Å². The van der Waals surface area contributed by atoms with Crippen molar-refractivity contribution in [1.82, 2.24) is 14.8 Å². The van der Waals surface area contributed by atoms with Crippen molar-refractivity contribution in [2.45, 2.75) is 18.2 Å². The van der Waals surface area contributed by atoms with Gasteiger partial charge in [-0.05, 0) is 43.3 Å². The molecule has 1 heterocycles. The van der Waals surface area contributed by atoms with E-state index in [1.165, 1.54) is 23.9 Å². The van der Waals surface area contributed by atoms with Gasteiger partial charge < -0.3 is 15.2 Å². The first-order chi connectivity index (χ1) is 16.0. The first-order valence-electron chi connectivity index (χ1n) is 10.2. The second-order valence-electron chi connectivity index (χ2n) is 7.06. The number of halogens is 1. The Morgan fingerprint density at radius 1 is 1.06 bits per heavy atom. The summed E-state index contributed by atoms with van der Waals surface area (Å²) in [4.78, 5) is 12.4. The number of nitrogens with zero attached hydrogens (tertiary/aromatic N) is 3. The summed E-state index contributed by atoms with van der Waals surface area (Å²) in [5, 5.41) is 21.5. The zero-order valence-corrected chi connectivity index (χ0v) is 18.5. The van der Waals surface area contributed by atoms with Crippen LogP contribution in [-0.2, 0) is 4.79 Å². The highest BCUT2D eigenvalue weighted by atomic mass is 32.2. The van der Waals surface area contributed by atoms with Crippen LogP contribution in [0, 0.1) is 5.82 Å². The number of amides is 1. The monoisotopic (exact) mass is 464 g/mol. The van der Waals surface area contributed by atoms with Gasteiger partial charge in [-0.3, -0.25) is 9.36 Å². The van der Waals surface area contributed by atoms with E-state index in [0.29, 0.717) is 16.7 Å². The van der Waals surface area contributed by atoms with Crippen LogP contribution in [0.1, 0.15) is 18.9 Å². The molecule has 1 amide bonds. The van der Waals surface area contributed by atoms with Gasteiger partial charge in [-0.1, -0.05) is 54.2 Å². The van der Waals surface area contributed by atoms with Crippen LogP contribution in [0.3, 0.4) is 0 Å². The number of aromatic hydroxyl groups is 1. The molecule has 7 nitrogen and oxygen atoms in total. The van der Waals surface area contributed by atoms with Crippen LogP contribution in [0.15, 0.2) is 84.0 Å². The third-order valence-corrected chi connectivity index (χ3v) is 5.62. The molecule has 0 bridgehead atoms. The number of para-hydroxylation sites is 4. The Kier molecular flexibility index (Phi) is 6.89. The van der Waals surface area contributed by atoms with E-state index in [0.717, 1.165) is 5.69 Å². The lowest BCUT2D eigenvalue weighted by Gasteiger charge is -2.17. The van der Waals surface area contributed by atoms with Crippen LogP contribution in [0.4, 0.5) is 10.1 Å². The van der Waals surface area contributed by atoms with Crippen molar-refractivity contribution in [3.05, 3.63) is 90.5 Å². The van der Waals surface area contributed by atoms with Crippen molar-refractivity contribution in [2.24, 2.45) is 0 Å². The van der Waals surface area contributed by atoms with Gasteiger partial charge in [0.15, 0.2) is 28.7 Å². The van der Waals surface area contributed by atoms with Crippen molar-refractivity contribution < 1.29 is 19.0 Å². The Hall–Kier alpha value is -3.85. The Bertz CT molecular complexity index is 1250. The second kappa shape index (κ2) is 10.2. The fraction of sp³-hybridized carbons (Fsp3) is 0.125. The number of carbonyl (C=O) groups is 1. The molecular weight excluding hydrogens is 443 g/mol. The summed E-state index contributed by atoms with van der Waals surface area (Å²) in [5.41, 5.74) is 1.12. The quantitative estimate of drug-likeness (QED) is 0.282. The van der Waals surface area contributed by atoms with Gasteiger partial charge in [0, 0.05) is 5.69 Å². The van der Waals surface area contributed by atoms with E-state index >= 15 is 0 Å². The molecule has 0 aliphatic heterocycles. The Labute approximate surface area is 194 Å². The lowest BCUT2D eigenvalue weighted by molar-refractivity contribution is -0.113. The SMILES string of the molecule is CC(Oc1ccccc1F)c1nnc(SCC(=O)Nc2ccccc2O)n1-c1ccccc1. The van der Waals surface area contributed by atoms with E-state index < -0.39 is 11.9 Å². The highest BCUT2D eigenvalue weighted by Gasteiger charge is 2.22. The number of nitrogens with one attached hydrogen (secondary N) is 1. The van der Waals surface area contributed by atoms with E-state index in [9.17, 15) is 14.3 Å². The van der Waals surface area contributed by atoms with Crippen LogP contribution >= 0.6 is 11.8 Å². The minimum absolute atomic E-state index is 0.00953. The summed E-state index contributed by atoms with van der Waals surface area (Å²) in [7, 11) is 0. The number of hydrogen-bond acceptors (Lipinski definition) is 6. The Balaban J connectivity index is 1.56. The molecule has 0 radical (unpaired) electrons. The molecule has 0 spiro atoms. The molecule has 2 N–H and O–H groups in total. The average molecular weight is 465 g/mol. The van der Waals surface area contributed by atoms with E-state index in [1.807, 2.05) is 30.3 Å². The summed E-state index contributed by atoms with van der Waals surface area (Å²) in [5.74, 6) is -0.157. The molecule has 33 heavy (non-hydrogen) atoms.